The first-order valence-corrected chi connectivity index (χ1v) is 7.06. The van der Waals surface area contributed by atoms with Gasteiger partial charge in [-0.1, -0.05) is 17.7 Å². The minimum absolute atomic E-state index is 0.507. The van der Waals surface area contributed by atoms with E-state index in [1.807, 2.05) is 18.3 Å². The monoisotopic (exact) mass is 292 g/mol. The van der Waals surface area contributed by atoms with Gasteiger partial charge in [-0.05, 0) is 11.6 Å². The van der Waals surface area contributed by atoms with Crippen molar-refractivity contribution in [2.24, 2.45) is 0 Å². The zero-order valence-corrected chi connectivity index (χ0v) is 11.9. The maximum atomic E-state index is 8.73. The Balaban J connectivity index is 2.01. The van der Waals surface area contributed by atoms with Crippen LogP contribution in [0.4, 0.5) is 0 Å². The number of aromatic nitrogens is 2. The van der Waals surface area contributed by atoms with Crippen LogP contribution < -0.4 is 0 Å². The molecule has 0 aliphatic carbocycles. The molecule has 4 nitrogen and oxygen atoms in total. The van der Waals surface area contributed by atoms with Crippen LogP contribution in [0.25, 0.3) is 0 Å². The first-order valence-electron chi connectivity index (χ1n) is 5.86. The predicted molar refractivity (Wildman–Crippen MR) is 75.7 cm³/mol. The van der Waals surface area contributed by atoms with Crippen LogP contribution in [0, 0.1) is 11.3 Å². The maximum Gasteiger partial charge on any atom is 0.183 e. The molecule has 0 amide bonds. The molecule has 0 atom stereocenters. The van der Waals surface area contributed by atoms with Gasteiger partial charge in [0, 0.05) is 49.5 Å². The molecule has 0 aliphatic heterocycles. The summed E-state index contributed by atoms with van der Waals surface area (Å²) in [6.07, 6.45) is 5.90. The van der Waals surface area contributed by atoms with Gasteiger partial charge in [0.15, 0.2) is 4.47 Å². The van der Waals surface area contributed by atoms with Gasteiger partial charge < -0.3 is 0 Å². The normalized spacial score (nSPS) is 10.6. The molecule has 0 unspecified atom stereocenters. The summed E-state index contributed by atoms with van der Waals surface area (Å²) >= 11 is 7.31. The average Bonchev–Trinajstić information content (AvgIpc) is 2.82. The van der Waals surface area contributed by atoms with Crippen LogP contribution in [0.15, 0.2) is 30.7 Å². The van der Waals surface area contributed by atoms with Crippen molar-refractivity contribution in [3.05, 3.63) is 45.6 Å². The van der Waals surface area contributed by atoms with Gasteiger partial charge in [-0.2, -0.15) is 5.26 Å². The lowest BCUT2D eigenvalue weighted by molar-refractivity contribution is 0.265. The summed E-state index contributed by atoms with van der Waals surface area (Å²) in [7, 11) is 0. The smallest absolute Gasteiger partial charge is 0.183 e. The maximum absolute atomic E-state index is 8.73. The van der Waals surface area contributed by atoms with Gasteiger partial charge in [-0.15, -0.1) is 11.3 Å². The van der Waals surface area contributed by atoms with E-state index >= 15 is 0 Å². The third kappa shape index (κ3) is 4.60. The summed E-state index contributed by atoms with van der Waals surface area (Å²) in [6.45, 7) is 2.24. The van der Waals surface area contributed by atoms with Crippen molar-refractivity contribution in [1.29, 1.82) is 5.26 Å². The Hall–Kier alpha value is -1.48. The molecule has 2 rings (SSSR count). The molecule has 0 aliphatic rings. The van der Waals surface area contributed by atoms with Gasteiger partial charge in [0.1, 0.15) is 0 Å². The van der Waals surface area contributed by atoms with Gasteiger partial charge in [-0.25, -0.2) is 4.98 Å². The highest BCUT2D eigenvalue weighted by atomic mass is 35.5. The second-order valence-corrected chi connectivity index (χ2v) is 5.76. The van der Waals surface area contributed by atoms with E-state index in [1.54, 1.807) is 12.4 Å². The molecule has 0 N–H and O–H groups in total. The molecule has 2 aromatic rings. The number of rotatable bonds is 6. The Kier molecular flexibility index (Phi) is 5.28. The van der Waals surface area contributed by atoms with Crippen molar-refractivity contribution in [1.82, 2.24) is 14.9 Å². The Morgan fingerprint density at radius 2 is 2.26 bits per heavy atom. The molecular weight excluding hydrogens is 280 g/mol. The van der Waals surface area contributed by atoms with Gasteiger partial charge in [0.05, 0.1) is 6.07 Å². The Labute approximate surface area is 121 Å². The van der Waals surface area contributed by atoms with Crippen LogP contribution in [0.5, 0.6) is 0 Å². The van der Waals surface area contributed by atoms with E-state index < -0.39 is 0 Å². The largest absolute Gasteiger partial charge is 0.293 e. The average molecular weight is 293 g/mol. The summed E-state index contributed by atoms with van der Waals surface area (Å²) in [5.41, 5.74) is 1.14. The Bertz CT molecular complexity index is 549. The number of pyridine rings is 1. The van der Waals surface area contributed by atoms with Gasteiger partial charge in [-0.3, -0.25) is 9.88 Å². The highest BCUT2D eigenvalue weighted by Crippen LogP contribution is 2.20. The lowest BCUT2D eigenvalue weighted by atomic mass is 10.2. The van der Waals surface area contributed by atoms with Crippen LogP contribution in [0.3, 0.4) is 0 Å². The quantitative estimate of drug-likeness (QED) is 0.821. The third-order valence-corrected chi connectivity index (χ3v) is 3.67. The first-order chi connectivity index (χ1) is 9.28. The van der Waals surface area contributed by atoms with E-state index in [0.29, 0.717) is 10.9 Å². The van der Waals surface area contributed by atoms with E-state index in [1.165, 1.54) is 11.3 Å². The summed E-state index contributed by atoms with van der Waals surface area (Å²) in [4.78, 5) is 11.4. The van der Waals surface area contributed by atoms with Gasteiger partial charge in [0.25, 0.3) is 0 Å². The number of halogens is 1. The molecule has 0 bridgehead atoms. The number of thiazole rings is 1. The van der Waals surface area contributed by atoms with Crippen LogP contribution in [0.1, 0.15) is 16.9 Å². The molecule has 6 heteroatoms. The second-order valence-electron chi connectivity index (χ2n) is 4.06. The topological polar surface area (TPSA) is 52.8 Å². The van der Waals surface area contributed by atoms with Gasteiger partial charge >= 0.3 is 0 Å². The fraction of sp³-hybridized carbons (Fsp3) is 0.308. The molecule has 0 fully saturated rings. The van der Waals surface area contributed by atoms with Crippen molar-refractivity contribution in [3.8, 4) is 6.07 Å². The van der Waals surface area contributed by atoms with Crippen molar-refractivity contribution in [3.63, 3.8) is 0 Å². The van der Waals surface area contributed by atoms with E-state index in [9.17, 15) is 0 Å². The number of nitrogens with zero attached hydrogens (tertiary/aromatic N) is 4. The standard InChI is InChI=1S/C13H13ClN4S/c14-13-17-8-12(19-13)10-18(6-2-4-15)9-11-3-1-5-16-7-11/h1,3,5,7-8H,2,6,9-10H2. The molecule has 0 spiro atoms. The Morgan fingerprint density at radius 3 is 2.89 bits per heavy atom. The minimum atomic E-state index is 0.507. The molecule has 0 radical (unpaired) electrons. The van der Waals surface area contributed by atoms with Gasteiger partial charge in [0.2, 0.25) is 0 Å². The van der Waals surface area contributed by atoms with E-state index in [4.69, 9.17) is 16.9 Å². The predicted octanol–water partition coefficient (Wildman–Crippen LogP) is 3.11. The number of nitriles is 1. The molecule has 2 heterocycles. The summed E-state index contributed by atoms with van der Waals surface area (Å²) in [5.74, 6) is 0. The van der Waals surface area contributed by atoms with Crippen molar-refractivity contribution < 1.29 is 0 Å². The van der Waals surface area contributed by atoms with E-state index in [-0.39, 0.29) is 0 Å². The van der Waals surface area contributed by atoms with Crippen molar-refractivity contribution >= 4 is 22.9 Å². The SMILES string of the molecule is N#CCCN(Cc1cccnc1)Cc1cnc(Cl)s1. The molecule has 0 aromatic carbocycles. The van der Waals surface area contributed by atoms with E-state index in [0.717, 1.165) is 30.1 Å². The van der Waals surface area contributed by atoms with E-state index in [2.05, 4.69) is 20.9 Å². The second kappa shape index (κ2) is 7.19. The first kappa shape index (κ1) is 13.9. The molecule has 0 saturated carbocycles. The van der Waals surface area contributed by atoms with Crippen LogP contribution in [-0.4, -0.2) is 21.4 Å². The fourth-order valence-corrected chi connectivity index (χ4v) is 2.77. The van der Waals surface area contributed by atoms with Crippen LogP contribution in [0.2, 0.25) is 4.47 Å². The fourth-order valence-electron chi connectivity index (χ4n) is 1.75. The molecule has 0 saturated heterocycles. The zero-order valence-electron chi connectivity index (χ0n) is 10.3. The lowest BCUT2D eigenvalue weighted by Crippen LogP contribution is -2.23. The molecule has 19 heavy (non-hydrogen) atoms. The summed E-state index contributed by atoms with van der Waals surface area (Å²) in [5, 5.41) is 8.73. The summed E-state index contributed by atoms with van der Waals surface area (Å²) < 4.78 is 0.552. The zero-order chi connectivity index (χ0) is 13.5. The molecular formula is C13H13ClN4S. The summed E-state index contributed by atoms with van der Waals surface area (Å²) in [6, 6.07) is 6.13. The van der Waals surface area contributed by atoms with Crippen LogP contribution >= 0.6 is 22.9 Å². The lowest BCUT2D eigenvalue weighted by Gasteiger charge is -2.19. The van der Waals surface area contributed by atoms with Crippen molar-refractivity contribution in [2.45, 2.75) is 19.5 Å². The van der Waals surface area contributed by atoms with Crippen molar-refractivity contribution in [2.75, 3.05) is 6.54 Å². The molecule has 2 aromatic heterocycles. The number of hydrogen-bond donors (Lipinski definition) is 0. The third-order valence-electron chi connectivity index (χ3n) is 2.57. The highest BCUT2D eigenvalue weighted by molar-refractivity contribution is 7.15. The molecule has 98 valence electrons. The van der Waals surface area contributed by atoms with Crippen LogP contribution in [-0.2, 0) is 13.1 Å². The highest BCUT2D eigenvalue weighted by Gasteiger charge is 2.09. The number of hydrogen-bond acceptors (Lipinski definition) is 5. The Morgan fingerprint density at radius 1 is 1.37 bits per heavy atom. The minimum Gasteiger partial charge on any atom is -0.293 e.